The van der Waals surface area contributed by atoms with E-state index in [1.807, 2.05) is 13.0 Å². The Balaban J connectivity index is 1.79. The van der Waals surface area contributed by atoms with E-state index in [1.54, 1.807) is 23.1 Å². The summed E-state index contributed by atoms with van der Waals surface area (Å²) in [5.41, 5.74) is 0.925. The fourth-order valence-corrected chi connectivity index (χ4v) is 2.24. The minimum atomic E-state index is -0.112. The van der Waals surface area contributed by atoms with Crippen LogP contribution < -0.4 is 5.32 Å². The van der Waals surface area contributed by atoms with Crippen LogP contribution in [-0.4, -0.2) is 20.7 Å². The number of aryl methyl sites for hydroxylation is 1. The molecule has 0 aliphatic carbocycles. The molecule has 1 amide bonds. The van der Waals surface area contributed by atoms with Gasteiger partial charge in [0.2, 0.25) is 5.91 Å². The maximum absolute atomic E-state index is 11.9. The highest BCUT2D eigenvalue weighted by Gasteiger charge is 2.11. The number of nitrogens with zero attached hydrogens (tertiary/aromatic N) is 3. The van der Waals surface area contributed by atoms with Gasteiger partial charge in [0.25, 0.3) is 0 Å². The van der Waals surface area contributed by atoms with Crippen molar-refractivity contribution < 1.29 is 4.79 Å². The van der Waals surface area contributed by atoms with Crippen molar-refractivity contribution in [1.82, 2.24) is 20.1 Å². The Hall–Kier alpha value is -1.59. The van der Waals surface area contributed by atoms with Gasteiger partial charge in [0.15, 0.2) is 0 Å². The molecular formula is C14H16Cl2N4O. The van der Waals surface area contributed by atoms with Gasteiger partial charge in [-0.2, -0.15) is 5.10 Å². The lowest BCUT2D eigenvalue weighted by Crippen LogP contribution is -2.26. The molecule has 2 rings (SSSR count). The highest BCUT2D eigenvalue weighted by Crippen LogP contribution is 2.25. The summed E-state index contributed by atoms with van der Waals surface area (Å²) in [5.74, 6) is -0.00584. The van der Waals surface area contributed by atoms with Crippen molar-refractivity contribution in [3.8, 4) is 0 Å². The molecule has 21 heavy (non-hydrogen) atoms. The second-order valence-electron chi connectivity index (χ2n) is 4.72. The molecule has 1 atom stereocenters. The number of aromatic nitrogens is 3. The van der Waals surface area contributed by atoms with E-state index in [2.05, 4.69) is 15.4 Å². The first-order chi connectivity index (χ1) is 10.1. The number of rotatable bonds is 6. The lowest BCUT2D eigenvalue weighted by Gasteiger charge is -2.15. The van der Waals surface area contributed by atoms with Crippen LogP contribution in [0.5, 0.6) is 0 Å². The van der Waals surface area contributed by atoms with Crippen LogP contribution in [0, 0.1) is 0 Å². The molecule has 0 aliphatic heterocycles. The fraction of sp³-hybridized carbons (Fsp3) is 0.357. The monoisotopic (exact) mass is 326 g/mol. The Morgan fingerprint density at radius 1 is 1.38 bits per heavy atom. The SMILES string of the molecule is CC(NC(=O)CCCn1cncn1)c1ccc(Cl)c(Cl)c1. The number of amides is 1. The maximum atomic E-state index is 11.9. The van der Waals surface area contributed by atoms with E-state index in [0.717, 1.165) is 5.56 Å². The highest BCUT2D eigenvalue weighted by atomic mass is 35.5. The summed E-state index contributed by atoms with van der Waals surface area (Å²) in [6, 6.07) is 5.24. The first-order valence-corrected chi connectivity index (χ1v) is 7.38. The largest absolute Gasteiger partial charge is 0.350 e. The van der Waals surface area contributed by atoms with Gasteiger partial charge in [-0.25, -0.2) is 4.98 Å². The van der Waals surface area contributed by atoms with Crippen molar-refractivity contribution in [2.75, 3.05) is 0 Å². The highest BCUT2D eigenvalue weighted by molar-refractivity contribution is 6.42. The smallest absolute Gasteiger partial charge is 0.220 e. The molecule has 2 aromatic rings. The molecule has 1 unspecified atom stereocenters. The van der Waals surface area contributed by atoms with E-state index in [1.165, 1.54) is 6.33 Å². The van der Waals surface area contributed by atoms with Crippen molar-refractivity contribution >= 4 is 29.1 Å². The van der Waals surface area contributed by atoms with Crippen LogP contribution in [0.25, 0.3) is 0 Å². The topological polar surface area (TPSA) is 59.8 Å². The zero-order valence-electron chi connectivity index (χ0n) is 11.6. The van der Waals surface area contributed by atoms with Gasteiger partial charge in [0, 0.05) is 13.0 Å². The van der Waals surface area contributed by atoms with Crippen molar-refractivity contribution in [3.63, 3.8) is 0 Å². The van der Waals surface area contributed by atoms with Crippen LogP contribution in [0.15, 0.2) is 30.9 Å². The molecule has 0 radical (unpaired) electrons. The van der Waals surface area contributed by atoms with E-state index in [-0.39, 0.29) is 11.9 Å². The number of carbonyl (C=O) groups is 1. The number of hydrogen-bond donors (Lipinski definition) is 1. The van der Waals surface area contributed by atoms with Crippen LogP contribution in [-0.2, 0) is 11.3 Å². The summed E-state index contributed by atoms with van der Waals surface area (Å²) in [6.07, 6.45) is 4.26. The molecule has 5 nitrogen and oxygen atoms in total. The minimum absolute atomic E-state index is 0.00584. The molecule has 112 valence electrons. The molecule has 0 bridgehead atoms. The minimum Gasteiger partial charge on any atom is -0.350 e. The van der Waals surface area contributed by atoms with Crippen molar-refractivity contribution in [1.29, 1.82) is 0 Å². The fourth-order valence-electron chi connectivity index (χ4n) is 1.93. The second-order valence-corrected chi connectivity index (χ2v) is 5.54. The van der Waals surface area contributed by atoms with Crippen LogP contribution in [0.4, 0.5) is 0 Å². The Bertz CT molecular complexity index is 601. The molecule has 1 aromatic carbocycles. The van der Waals surface area contributed by atoms with Gasteiger partial charge >= 0.3 is 0 Å². The van der Waals surface area contributed by atoms with Crippen molar-refractivity contribution in [2.45, 2.75) is 32.4 Å². The Labute approximate surface area is 133 Å². The van der Waals surface area contributed by atoms with Crippen LogP contribution in [0.1, 0.15) is 31.4 Å². The molecule has 0 saturated heterocycles. The predicted molar refractivity (Wildman–Crippen MR) is 82.3 cm³/mol. The predicted octanol–water partition coefficient (Wildman–Crippen LogP) is 3.24. The standard InChI is InChI=1S/C14H16Cl2N4O/c1-10(11-4-5-12(15)13(16)7-11)19-14(21)3-2-6-20-9-17-8-18-20/h4-5,7-10H,2-3,6H2,1H3,(H,19,21). The van der Waals surface area contributed by atoms with Crippen molar-refractivity contribution in [2.24, 2.45) is 0 Å². The van der Waals surface area contributed by atoms with Gasteiger partial charge in [-0.1, -0.05) is 29.3 Å². The number of benzene rings is 1. The first-order valence-electron chi connectivity index (χ1n) is 6.63. The number of nitrogens with one attached hydrogen (secondary N) is 1. The van der Waals surface area contributed by atoms with Crippen LogP contribution >= 0.6 is 23.2 Å². The molecule has 0 fully saturated rings. The summed E-state index contributed by atoms with van der Waals surface area (Å²) >= 11 is 11.9. The van der Waals surface area contributed by atoms with E-state index < -0.39 is 0 Å². The first kappa shape index (κ1) is 15.8. The maximum Gasteiger partial charge on any atom is 0.220 e. The summed E-state index contributed by atoms with van der Waals surface area (Å²) < 4.78 is 1.70. The Morgan fingerprint density at radius 3 is 2.86 bits per heavy atom. The van der Waals surface area contributed by atoms with Gasteiger partial charge in [-0.05, 0) is 31.0 Å². The molecule has 1 aromatic heterocycles. The Morgan fingerprint density at radius 2 is 2.19 bits per heavy atom. The lowest BCUT2D eigenvalue weighted by molar-refractivity contribution is -0.121. The third-order valence-corrected chi connectivity index (χ3v) is 3.82. The molecular weight excluding hydrogens is 311 g/mol. The second kappa shape index (κ2) is 7.43. The third kappa shape index (κ3) is 4.72. The third-order valence-electron chi connectivity index (χ3n) is 3.08. The number of carbonyl (C=O) groups excluding carboxylic acids is 1. The van der Waals surface area contributed by atoms with Gasteiger partial charge in [-0.15, -0.1) is 0 Å². The van der Waals surface area contributed by atoms with E-state index in [0.29, 0.717) is 29.4 Å². The van der Waals surface area contributed by atoms with E-state index in [9.17, 15) is 4.79 Å². The van der Waals surface area contributed by atoms with Crippen molar-refractivity contribution in [3.05, 3.63) is 46.5 Å². The molecule has 0 spiro atoms. The molecule has 0 saturated carbocycles. The average molecular weight is 327 g/mol. The molecule has 7 heteroatoms. The zero-order valence-corrected chi connectivity index (χ0v) is 13.1. The number of hydrogen-bond acceptors (Lipinski definition) is 3. The van der Waals surface area contributed by atoms with Gasteiger partial charge in [0.05, 0.1) is 16.1 Å². The van der Waals surface area contributed by atoms with Gasteiger partial charge in [-0.3, -0.25) is 9.48 Å². The molecule has 0 aliphatic rings. The zero-order chi connectivity index (χ0) is 15.2. The van der Waals surface area contributed by atoms with E-state index in [4.69, 9.17) is 23.2 Å². The molecule has 1 N–H and O–H groups in total. The number of halogens is 2. The van der Waals surface area contributed by atoms with Crippen LogP contribution in [0.3, 0.4) is 0 Å². The quantitative estimate of drug-likeness (QED) is 0.886. The molecule has 1 heterocycles. The van der Waals surface area contributed by atoms with Gasteiger partial charge in [0.1, 0.15) is 12.7 Å². The normalized spacial score (nSPS) is 12.1. The average Bonchev–Trinajstić information content (AvgIpc) is 2.95. The van der Waals surface area contributed by atoms with E-state index >= 15 is 0 Å². The summed E-state index contributed by atoms with van der Waals surface area (Å²) in [5, 5.41) is 7.92. The summed E-state index contributed by atoms with van der Waals surface area (Å²) in [7, 11) is 0. The summed E-state index contributed by atoms with van der Waals surface area (Å²) in [4.78, 5) is 15.7. The lowest BCUT2D eigenvalue weighted by atomic mass is 10.1. The van der Waals surface area contributed by atoms with Gasteiger partial charge < -0.3 is 5.32 Å². The van der Waals surface area contributed by atoms with Crippen LogP contribution in [0.2, 0.25) is 10.0 Å². The summed E-state index contributed by atoms with van der Waals surface area (Å²) in [6.45, 7) is 2.59. The Kier molecular flexibility index (Phi) is 5.59.